The molecule has 0 aliphatic rings. The summed E-state index contributed by atoms with van der Waals surface area (Å²) in [6.45, 7) is 3.20. The van der Waals surface area contributed by atoms with Crippen LogP contribution in [-0.2, 0) is 10.0 Å². The van der Waals surface area contributed by atoms with Crippen molar-refractivity contribution >= 4 is 54.1 Å². The van der Waals surface area contributed by atoms with E-state index >= 15 is 0 Å². The second-order valence-corrected chi connectivity index (χ2v) is 9.02. The maximum Gasteiger partial charge on any atom is 0.264 e. The summed E-state index contributed by atoms with van der Waals surface area (Å²) in [5.74, 6) is 0.365. The van der Waals surface area contributed by atoms with E-state index in [4.69, 9.17) is 4.42 Å². The van der Waals surface area contributed by atoms with Crippen molar-refractivity contribution in [2.45, 2.75) is 18.7 Å². The summed E-state index contributed by atoms with van der Waals surface area (Å²) in [6.07, 6.45) is 1.57. The van der Waals surface area contributed by atoms with Crippen molar-refractivity contribution in [1.82, 2.24) is 4.98 Å². The average Bonchev–Trinajstić information content (AvgIpc) is 3.09. The molecule has 0 amide bonds. The van der Waals surface area contributed by atoms with Gasteiger partial charge < -0.3 is 4.42 Å². The lowest BCUT2D eigenvalue weighted by Crippen LogP contribution is -2.14. The van der Waals surface area contributed by atoms with Crippen LogP contribution in [0.1, 0.15) is 23.0 Å². The fourth-order valence-corrected chi connectivity index (χ4v) is 5.30. The number of furan rings is 1. The van der Waals surface area contributed by atoms with E-state index in [-0.39, 0.29) is 10.7 Å². The Morgan fingerprint density at radius 3 is 2.48 bits per heavy atom. The lowest BCUT2D eigenvalue weighted by atomic mass is 10.0. The minimum absolute atomic E-state index is 0.0879. The first-order chi connectivity index (χ1) is 14.9. The molecular formula is C24H18N2O4S. The largest absolute Gasteiger partial charge is 0.460 e. The molecular weight excluding hydrogens is 412 g/mol. The van der Waals surface area contributed by atoms with Crippen molar-refractivity contribution in [3.63, 3.8) is 0 Å². The van der Waals surface area contributed by atoms with Crippen LogP contribution in [0.4, 0.5) is 5.69 Å². The molecule has 0 saturated heterocycles. The van der Waals surface area contributed by atoms with Gasteiger partial charge in [0.25, 0.3) is 10.0 Å². The summed E-state index contributed by atoms with van der Waals surface area (Å²) in [7, 11) is -3.95. The van der Waals surface area contributed by atoms with E-state index in [1.54, 1.807) is 31.3 Å². The molecule has 2 aromatic heterocycles. The van der Waals surface area contributed by atoms with Crippen molar-refractivity contribution in [3.05, 3.63) is 78.2 Å². The zero-order chi connectivity index (χ0) is 21.8. The van der Waals surface area contributed by atoms with E-state index in [9.17, 15) is 13.2 Å². The smallest absolute Gasteiger partial charge is 0.264 e. The van der Waals surface area contributed by atoms with Crippen LogP contribution in [0.5, 0.6) is 0 Å². The van der Waals surface area contributed by atoms with Crippen LogP contribution in [0.2, 0.25) is 0 Å². The van der Waals surface area contributed by atoms with Gasteiger partial charge in [0, 0.05) is 27.7 Å². The number of benzene rings is 3. The number of nitrogens with one attached hydrogen (secondary N) is 1. The number of hydrogen-bond donors (Lipinski definition) is 1. The van der Waals surface area contributed by atoms with Gasteiger partial charge >= 0.3 is 0 Å². The molecule has 0 aliphatic carbocycles. The van der Waals surface area contributed by atoms with Crippen LogP contribution in [0, 0.1) is 6.92 Å². The fraction of sp³-hybridized carbons (Fsp3) is 0.0833. The number of sulfonamides is 1. The van der Waals surface area contributed by atoms with E-state index in [1.807, 2.05) is 36.4 Å². The van der Waals surface area contributed by atoms with Crippen molar-refractivity contribution in [3.8, 4) is 0 Å². The van der Waals surface area contributed by atoms with Gasteiger partial charge in [0.05, 0.1) is 16.8 Å². The molecule has 5 aromatic rings. The molecule has 0 radical (unpaired) electrons. The van der Waals surface area contributed by atoms with Gasteiger partial charge in [0.1, 0.15) is 16.2 Å². The number of carbonyl (C=O) groups excluding carboxylic acids is 1. The molecule has 1 N–H and O–H groups in total. The molecule has 154 valence electrons. The van der Waals surface area contributed by atoms with E-state index in [2.05, 4.69) is 9.71 Å². The SMILES string of the molecule is CC(=O)c1c(C)oc2c1cc(NS(=O)(=O)c1cccc3cccnc13)c1ccccc12. The lowest BCUT2D eigenvalue weighted by Gasteiger charge is -2.13. The minimum atomic E-state index is -3.95. The molecule has 0 saturated carbocycles. The molecule has 0 unspecified atom stereocenters. The molecule has 0 fully saturated rings. The number of Topliss-reactive ketones (excluding diaryl/α,β-unsaturated/α-hetero) is 1. The monoisotopic (exact) mass is 430 g/mol. The third-order valence-electron chi connectivity index (χ3n) is 5.35. The minimum Gasteiger partial charge on any atom is -0.460 e. The van der Waals surface area contributed by atoms with E-state index in [1.165, 1.54) is 13.0 Å². The van der Waals surface area contributed by atoms with Gasteiger partial charge in [-0.2, -0.15) is 0 Å². The highest BCUT2D eigenvalue weighted by Gasteiger charge is 2.23. The first-order valence-corrected chi connectivity index (χ1v) is 11.2. The number of nitrogens with zero attached hydrogens (tertiary/aromatic N) is 1. The van der Waals surface area contributed by atoms with E-state index in [0.717, 1.165) is 10.8 Å². The highest BCUT2D eigenvalue weighted by molar-refractivity contribution is 7.93. The number of aromatic nitrogens is 1. The Morgan fingerprint density at radius 2 is 1.71 bits per heavy atom. The maximum absolute atomic E-state index is 13.4. The Balaban J connectivity index is 1.76. The standard InChI is InChI=1S/C24H18N2O4S/c1-14(27)22-15(2)30-24-18-10-4-3-9-17(18)20(13-19(22)24)26-31(28,29)21-11-5-7-16-8-6-12-25-23(16)21/h3-13,26H,1-2H3. The number of para-hydroxylation sites is 1. The number of aryl methyl sites for hydroxylation is 1. The zero-order valence-corrected chi connectivity index (χ0v) is 17.7. The predicted molar refractivity (Wildman–Crippen MR) is 121 cm³/mol. The van der Waals surface area contributed by atoms with Gasteiger partial charge in [-0.1, -0.05) is 42.5 Å². The van der Waals surface area contributed by atoms with Crippen molar-refractivity contribution in [1.29, 1.82) is 0 Å². The average molecular weight is 430 g/mol. The number of rotatable bonds is 4. The maximum atomic E-state index is 13.4. The Labute approximate surface area is 178 Å². The van der Waals surface area contributed by atoms with Gasteiger partial charge in [0.2, 0.25) is 0 Å². The van der Waals surface area contributed by atoms with Gasteiger partial charge in [-0.05, 0) is 32.0 Å². The van der Waals surface area contributed by atoms with Crippen molar-refractivity contribution < 1.29 is 17.6 Å². The number of hydrogen-bond acceptors (Lipinski definition) is 5. The van der Waals surface area contributed by atoms with E-state index in [0.29, 0.717) is 38.9 Å². The molecule has 5 rings (SSSR count). The highest BCUT2D eigenvalue weighted by atomic mass is 32.2. The molecule has 3 aromatic carbocycles. The lowest BCUT2D eigenvalue weighted by molar-refractivity contribution is 0.101. The van der Waals surface area contributed by atoms with Crippen LogP contribution in [0.25, 0.3) is 32.6 Å². The summed E-state index contributed by atoms with van der Waals surface area (Å²) >= 11 is 0. The normalized spacial score (nSPS) is 11.9. The number of pyridine rings is 1. The van der Waals surface area contributed by atoms with Crippen LogP contribution in [-0.4, -0.2) is 19.2 Å². The molecule has 0 spiro atoms. The van der Waals surface area contributed by atoms with E-state index < -0.39 is 10.0 Å². The summed E-state index contributed by atoms with van der Waals surface area (Å²) in [5, 5.41) is 2.72. The molecule has 2 heterocycles. The molecule has 31 heavy (non-hydrogen) atoms. The Hall–Kier alpha value is -3.71. The fourth-order valence-electron chi connectivity index (χ4n) is 4.05. The molecule has 6 nitrogen and oxygen atoms in total. The Bertz CT molecular complexity index is 1610. The second kappa shape index (κ2) is 6.92. The topological polar surface area (TPSA) is 89.3 Å². The predicted octanol–water partition coefficient (Wildman–Crippen LogP) is 5.45. The van der Waals surface area contributed by atoms with Crippen LogP contribution >= 0.6 is 0 Å². The number of carbonyl (C=O) groups is 1. The van der Waals surface area contributed by atoms with Crippen molar-refractivity contribution in [2.75, 3.05) is 4.72 Å². The van der Waals surface area contributed by atoms with Gasteiger partial charge in [0.15, 0.2) is 5.78 Å². The summed E-state index contributed by atoms with van der Waals surface area (Å²) in [5.41, 5.74) is 1.78. The molecule has 0 aliphatic heterocycles. The van der Waals surface area contributed by atoms with Gasteiger partial charge in [-0.25, -0.2) is 8.42 Å². The van der Waals surface area contributed by atoms with Crippen LogP contribution < -0.4 is 4.72 Å². The quantitative estimate of drug-likeness (QED) is 0.383. The number of fused-ring (bicyclic) bond motifs is 4. The first-order valence-electron chi connectivity index (χ1n) is 9.69. The molecule has 0 atom stereocenters. The third kappa shape index (κ3) is 3.05. The Kier molecular flexibility index (Phi) is 4.30. The first kappa shape index (κ1) is 19.3. The highest BCUT2D eigenvalue weighted by Crippen LogP contribution is 2.37. The third-order valence-corrected chi connectivity index (χ3v) is 6.75. The van der Waals surface area contributed by atoms with Crippen molar-refractivity contribution in [2.24, 2.45) is 0 Å². The number of anilines is 1. The summed E-state index contributed by atoms with van der Waals surface area (Å²) < 4.78 is 35.4. The molecule has 0 bridgehead atoms. The molecule has 7 heteroatoms. The summed E-state index contributed by atoms with van der Waals surface area (Å²) in [4.78, 5) is 16.6. The second-order valence-electron chi connectivity index (χ2n) is 7.37. The van der Waals surface area contributed by atoms with Gasteiger partial charge in [-0.3, -0.25) is 14.5 Å². The van der Waals surface area contributed by atoms with Crippen LogP contribution in [0.3, 0.4) is 0 Å². The zero-order valence-electron chi connectivity index (χ0n) is 16.8. The van der Waals surface area contributed by atoms with Crippen LogP contribution in [0.15, 0.2) is 76.2 Å². The summed E-state index contributed by atoms with van der Waals surface area (Å²) in [6, 6.07) is 17.6. The Morgan fingerprint density at radius 1 is 0.968 bits per heavy atom. The van der Waals surface area contributed by atoms with Gasteiger partial charge in [-0.15, -0.1) is 0 Å². The number of ketones is 1.